The monoisotopic (exact) mass is 390 g/mol. The van der Waals surface area contributed by atoms with Gasteiger partial charge < -0.3 is 10.2 Å². The molecule has 0 aliphatic rings. The smallest absolute Gasteiger partial charge is 0.118 e. The summed E-state index contributed by atoms with van der Waals surface area (Å²) in [6.07, 6.45) is 0.755. The van der Waals surface area contributed by atoms with E-state index in [-0.39, 0.29) is 5.92 Å². The van der Waals surface area contributed by atoms with Crippen LogP contribution in [0.2, 0.25) is 39.3 Å². The van der Waals surface area contributed by atoms with Gasteiger partial charge in [0.05, 0.1) is 16.1 Å². The van der Waals surface area contributed by atoms with Crippen LogP contribution < -0.4 is 10.4 Å². The van der Waals surface area contributed by atoms with E-state index in [9.17, 15) is 10.2 Å². The third-order valence-electron chi connectivity index (χ3n) is 4.74. The summed E-state index contributed by atoms with van der Waals surface area (Å²) in [6.45, 7) is 13.4. The normalized spacial score (nSPS) is 12.6. The molecule has 1 atom stereocenters. The van der Waals surface area contributed by atoms with E-state index in [0.717, 1.165) is 27.7 Å². The Kier molecular flexibility index (Phi) is 5.87. The van der Waals surface area contributed by atoms with Gasteiger partial charge in [-0.1, -0.05) is 75.7 Å². The van der Waals surface area contributed by atoms with Gasteiger partial charge in [0.15, 0.2) is 0 Å². The second-order valence-electron chi connectivity index (χ2n) is 8.78. The van der Waals surface area contributed by atoms with Gasteiger partial charge >= 0.3 is 0 Å². The molecule has 2 N–H and O–H groups in total. The van der Waals surface area contributed by atoms with Gasteiger partial charge in [0, 0.05) is 17.0 Å². The summed E-state index contributed by atoms with van der Waals surface area (Å²) in [6, 6.07) is 12.2. The largest absolute Gasteiger partial charge is 0.508 e. The molecule has 0 aliphatic heterocycles. The van der Waals surface area contributed by atoms with E-state index < -0.39 is 16.1 Å². The molecule has 0 fully saturated rings. The lowest BCUT2D eigenvalue weighted by Crippen LogP contribution is -2.38. The molecule has 2 rings (SSSR count). The fourth-order valence-electron chi connectivity index (χ4n) is 3.32. The number of rotatable bonds is 5. The quantitative estimate of drug-likeness (QED) is 0.593. The Bertz CT molecular complexity index is 698. The number of phenolic OH excluding ortho intramolecular Hbond substituents is 2. The number of benzene rings is 2. The molecule has 2 nitrogen and oxygen atoms in total. The molecule has 0 aliphatic carbocycles. The lowest BCUT2D eigenvalue weighted by molar-refractivity contribution is 0.461. The number of aromatic hydroxyl groups is 2. The number of phenols is 2. The standard InChI is InChI=1S/C20H31O2PSi2/c1-24(2,3)17-11-7-9-14(19(17)21)16(13-23)15-10-8-12-18(20(15)22)25(4,5)6/h7-12,16,21-22H,13,23H2,1-6H3. The molecule has 1 unspecified atom stereocenters. The molecule has 0 spiro atoms. The third-order valence-corrected chi connectivity index (χ3v) is 9.25. The second-order valence-corrected chi connectivity index (χ2v) is 19.3. The predicted molar refractivity (Wildman–Crippen MR) is 119 cm³/mol. The Labute approximate surface area is 156 Å². The van der Waals surface area contributed by atoms with Crippen LogP contribution in [0.15, 0.2) is 36.4 Å². The Balaban J connectivity index is 2.64. The predicted octanol–water partition coefficient (Wildman–Crippen LogP) is 4.20. The van der Waals surface area contributed by atoms with Crippen molar-refractivity contribution in [2.75, 3.05) is 6.16 Å². The zero-order valence-corrected chi connectivity index (χ0v) is 19.4. The SMILES string of the molecule is C[Si](C)(C)c1cccc(C(CP)c2cccc([Si](C)(C)C)c2O)c1O. The molecule has 0 radical (unpaired) electrons. The Morgan fingerprint density at radius 1 is 0.760 bits per heavy atom. The topological polar surface area (TPSA) is 40.5 Å². The number of hydrogen-bond acceptors (Lipinski definition) is 2. The molecular formula is C20H31O2PSi2. The molecule has 0 saturated carbocycles. The molecule has 5 heteroatoms. The zero-order valence-electron chi connectivity index (χ0n) is 16.2. The summed E-state index contributed by atoms with van der Waals surface area (Å²) < 4.78 is 0. The van der Waals surface area contributed by atoms with Crippen LogP contribution in [0.5, 0.6) is 11.5 Å². The summed E-state index contributed by atoms with van der Waals surface area (Å²) in [5, 5.41) is 24.1. The number of para-hydroxylation sites is 2. The Morgan fingerprint density at radius 2 is 1.12 bits per heavy atom. The summed E-state index contributed by atoms with van der Waals surface area (Å²) >= 11 is 0. The maximum absolute atomic E-state index is 11.0. The maximum Gasteiger partial charge on any atom is 0.118 e. The van der Waals surface area contributed by atoms with Crippen LogP contribution in [-0.2, 0) is 0 Å². The van der Waals surface area contributed by atoms with Crippen LogP contribution in [0.1, 0.15) is 17.0 Å². The van der Waals surface area contributed by atoms with Crippen molar-refractivity contribution in [1.29, 1.82) is 0 Å². The first-order chi connectivity index (χ1) is 11.5. The summed E-state index contributed by atoms with van der Waals surface area (Å²) in [7, 11) is -0.492. The van der Waals surface area contributed by atoms with Crippen molar-refractivity contribution in [2.45, 2.75) is 45.2 Å². The minimum atomic E-state index is -1.64. The van der Waals surface area contributed by atoms with E-state index in [1.165, 1.54) is 0 Å². The van der Waals surface area contributed by atoms with E-state index >= 15 is 0 Å². The van der Waals surface area contributed by atoms with E-state index in [0.29, 0.717) is 11.5 Å². The van der Waals surface area contributed by atoms with E-state index in [1.54, 1.807) is 0 Å². The van der Waals surface area contributed by atoms with Gasteiger partial charge in [-0.2, -0.15) is 0 Å². The first-order valence-corrected chi connectivity index (χ1v) is 16.6. The molecule has 0 saturated heterocycles. The van der Waals surface area contributed by atoms with Crippen LogP contribution in [0.4, 0.5) is 0 Å². The van der Waals surface area contributed by atoms with E-state index in [1.807, 2.05) is 36.4 Å². The first kappa shape index (κ1) is 20.2. The molecular weight excluding hydrogens is 359 g/mol. The van der Waals surface area contributed by atoms with Gasteiger partial charge in [-0.25, -0.2) is 0 Å². The fourth-order valence-corrected chi connectivity index (χ4v) is 6.73. The minimum absolute atomic E-state index is 0.0300. The molecule has 2 aromatic carbocycles. The van der Waals surface area contributed by atoms with Crippen LogP contribution >= 0.6 is 9.24 Å². The second kappa shape index (κ2) is 7.26. The number of hydrogen-bond donors (Lipinski definition) is 2. The molecule has 2 aromatic rings. The van der Waals surface area contributed by atoms with Gasteiger partial charge in [0.2, 0.25) is 0 Å². The van der Waals surface area contributed by atoms with Gasteiger partial charge in [0.1, 0.15) is 11.5 Å². The average Bonchev–Trinajstić information content (AvgIpc) is 2.48. The third kappa shape index (κ3) is 4.18. The minimum Gasteiger partial charge on any atom is -0.508 e. The average molecular weight is 391 g/mol. The molecule has 136 valence electrons. The van der Waals surface area contributed by atoms with Crippen molar-refractivity contribution >= 4 is 35.8 Å². The highest BCUT2D eigenvalue weighted by Crippen LogP contribution is 2.36. The highest BCUT2D eigenvalue weighted by Gasteiger charge is 2.28. The van der Waals surface area contributed by atoms with Crippen molar-refractivity contribution in [3.05, 3.63) is 47.5 Å². The summed E-state index contributed by atoms with van der Waals surface area (Å²) in [5.41, 5.74) is 1.83. The lowest BCUT2D eigenvalue weighted by Gasteiger charge is -2.26. The van der Waals surface area contributed by atoms with Crippen LogP contribution in [0.3, 0.4) is 0 Å². The first-order valence-electron chi connectivity index (χ1n) is 8.83. The highest BCUT2D eigenvalue weighted by atomic mass is 31.0. The van der Waals surface area contributed by atoms with Crippen molar-refractivity contribution in [2.24, 2.45) is 0 Å². The van der Waals surface area contributed by atoms with Gasteiger partial charge in [-0.15, -0.1) is 9.24 Å². The summed E-state index contributed by atoms with van der Waals surface area (Å²) in [4.78, 5) is 0. The molecule has 0 bridgehead atoms. The zero-order chi connectivity index (χ0) is 19.0. The van der Waals surface area contributed by atoms with E-state index in [4.69, 9.17) is 0 Å². The molecule has 25 heavy (non-hydrogen) atoms. The molecule has 0 amide bonds. The fraction of sp³-hybridized carbons (Fsp3) is 0.400. The van der Waals surface area contributed by atoms with Crippen molar-refractivity contribution < 1.29 is 10.2 Å². The molecule has 0 heterocycles. The van der Waals surface area contributed by atoms with Crippen molar-refractivity contribution in [3.63, 3.8) is 0 Å². The van der Waals surface area contributed by atoms with Crippen LogP contribution in [0.25, 0.3) is 0 Å². The lowest BCUT2D eigenvalue weighted by atomic mass is 9.91. The maximum atomic E-state index is 11.0. The van der Waals surface area contributed by atoms with Crippen molar-refractivity contribution in [1.82, 2.24) is 0 Å². The van der Waals surface area contributed by atoms with Crippen LogP contribution in [-0.4, -0.2) is 32.5 Å². The Hall–Kier alpha value is -1.10. The molecule has 0 aromatic heterocycles. The summed E-state index contributed by atoms with van der Waals surface area (Å²) in [5.74, 6) is 0.788. The highest BCUT2D eigenvalue weighted by molar-refractivity contribution is 7.16. The van der Waals surface area contributed by atoms with Gasteiger partial charge in [0.25, 0.3) is 0 Å². The van der Waals surface area contributed by atoms with Crippen LogP contribution in [0, 0.1) is 0 Å². The van der Waals surface area contributed by atoms with Crippen molar-refractivity contribution in [3.8, 4) is 11.5 Å². The van der Waals surface area contributed by atoms with Gasteiger partial charge in [-0.3, -0.25) is 0 Å². The van der Waals surface area contributed by atoms with Gasteiger partial charge in [-0.05, 0) is 16.5 Å². The van der Waals surface area contributed by atoms with E-state index in [2.05, 4.69) is 48.5 Å². The Morgan fingerprint density at radius 3 is 1.40 bits per heavy atom.